The van der Waals surface area contributed by atoms with Crippen LogP contribution in [0.2, 0.25) is 0 Å². The summed E-state index contributed by atoms with van der Waals surface area (Å²) in [5, 5.41) is 3.16. The van der Waals surface area contributed by atoms with E-state index in [4.69, 9.17) is 4.74 Å². The molecule has 0 aromatic carbocycles. The number of carbonyl (C=O) groups is 1. The molecular formula is C13H26F2N2O2. The number of carbonyl (C=O) groups excluding carboxylic acids is 1. The fourth-order valence-corrected chi connectivity index (χ4v) is 1.90. The third-order valence-electron chi connectivity index (χ3n) is 2.78. The number of alkyl halides is 2. The molecule has 6 heteroatoms. The fourth-order valence-electron chi connectivity index (χ4n) is 1.90. The van der Waals surface area contributed by atoms with Gasteiger partial charge in [0.05, 0.1) is 13.2 Å². The van der Waals surface area contributed by atoms with Crippen molar-refractivity contribution in [1.82, 2.24) is 10.2 Å². The summed E-state index contributed by atoms with van der Waals surface area (Å²) in [5.41, 5.74) is -0.847. The zero-order chi connectivity index (χ0) is 15.1. The molecule has 0 saturated heterocycles. The van der Waals surface area contributed by atoms with E-state index in [9.17, 15) is 13.6 Å². The van der Waals surface area contributed by atoms with E-state index in [2.05, 4.69) is 5.32 Å². The lowest BCUT2D eigenvalue weighted by molar-refractivity contribution is -0.151. The molecule has 1 atom stereocenters. The van der Waals surface area contributed by atoms with Gasteiger partial charge in [0.25, 0.3) is 6.43 Å². The third kappa shape index (κ3) is 7.42. The van der Waals surface area contributed by atoms with Crippen molar-refractivity contribution in [2.75, 3.05) is 26.7 Å². The number of halogens is 2. The zero-order valence-corrected chi connectivity index (χ0v) is 12.5. The van der Waals surface area contributed by atoms with Crippen molar-refractivity contribution in [3.8, 4) is 0 Å². The van der Waals surface area contributed by atoms with Crippen LogP contribution in [0.1, 0.15) is 34.1 Å². The normalized spacial score (nSPS) is 15.1. The first-order valence-corrected chi connectivity index (χ1v) is 6.63. The average molecular weight is 280 g/mol. The first-order chi connectivity index (χ1) is 8.71. The standard InChI is InChI=1S/C13H26F2N2O2/c1-6-19-12(18)13(4,16-10(2)3)7-8-17(5)9-11(14)15/h10-11,16H,6-9H2,1-5H3. The van der Waals surface area contributed by atoms with Gasteiger partial charge in [-0.2, -0.15) is 0 Å². The summed E-state index contributed by atoms with van der Waals surface area (Å²) in [5.74, 6) is -0.339. The van der Waals surface area contributed by atoms with E-state index in [0.717, 1.165) is 0 Å². The van der Waals surface area contributed by atoms with Gasteiger partial charge in [-0.1, -0.05) is 0 Å². The number of hydrogen-bond acceptors (Lipinski definition) is 4. The lowest BCUT2D eigenvalue weighted by Gasteiger charge is -2.32. The topological polar surface area (TPSA) is 41.6 Å². The number of nitrogens with one attached hydrogen (secondary N) is 1. The summed E-state index contributed by atoms with van der Waals surface area (Å²) in [4.78, 5) is 13.5. The molecule has 0 spiro atoms. The van der Waals surface area contributed by atoms with Gasteiger partial charge >= 0.3 is 5.97 Å². The number of hydrogen-bond donors (Lipinski definition) is 1. The van der Waals surface area contributed by atoms with Crippen molar-refractivity contribution in [1.29, 1.82) is 0 Å². The Hall–Kier alpha value is -0.750. The van der Waals surface area contributed by atoms with Gasteiger partial charge in [-0.25, -0.2) is 8.78 Å². The van der Waals surface area contributed by atoms with E-state index < -0.39 is 12.0 Å². The van der Waals surface area contributed by atoms with Gasteiger partial charge in [0, 0.05) is 12.6 Å². The predicted molar refractivity (Wildman–Crippen MR) is 71.4 cm³/mol. The predicted octanol–water partition coefficient (Wildman–Crippen LogP) is 1.89. The van der Waals surface area contributed by atoms with E-state index in [1.54, 1.807) is 20.9 Å². The van der Waals surface area contributed by atoms with Gasteiger partial charge in [0.1, 0.15) is 5.54 Å². The minimum Gasteiger partial charge on any atom is -0.465 e. The quantitative estimate of drug-likeness (QED) is 0.655. The number of nitrogens with zero attached hydrogens (tertiary/aromatic N) is 1. The molecule has 0 bridgehead atoms. The molecule has 0 heterocycles. The van der Waals surface area contributed by atoms with Crippen LogP contribution in [0, 0.1) is 0 Å². The van der Waals surface area contributed by atoms with Crippen LogP contribution >= 0.6 is 0 Å². The zero-order valence-electron chi connectivity index (χ0n) is 12.5. The molecule has 0 amide bonds. The average Bonchev–Trinajstić information content (AvgIpc) is 2.25. The number of esters is 1. The minimum atomic E-state index is -2.36. The third-order valence-corrected chi connectivity index (χ3v) is 2.78. The Bertz CT molecular complexity index is 275. The monoisotopic (exact) mass is 280 g/mol. The van der Waals surface area contributed by atoms with Crippen LogP contribution in [0.5, 0.6) is 0 Å². The van der Waals surface area contributed by atoms with Crippen molar-refractivity contribution < 1.29 is 18.3 Å². The van der Waals surface area contributed by atoms with Gasteiger partial charge in [0.2, 0.25) is 0 Å². The maximum atomic E-state index is 12.2. The highest BCUT2D eigenvalue weighted by Gasteiger charge is 2.35. The molecule has 1 N–H and O–H groups in total. The highest BCUT2D eigenvalue weighted by atomic mass is 19.3. The maximum Gasteiger partial charge on any atom is 0.326 e. The van der Waals surface area contributed by atoms with Crippen LogP contribution in [0.3, 0.4) is 0 Å². The molecule has 0 saturated carbocycles. The Morgan fingerprint density at radius 3 is 2.42 bits per heavy atom. The molecule has 1 unspecified atom stereocenters. The van der Waals surface area contributed by atoms with Crippen molar-refractivity contribution in [2.24, 2.45) is 0 Å². The van der Waals surface area contributed by atoms with Crippen LogP contribution in [-0.2, 0) is 9.53 Å². The van der Waals surface area contributed by atoms with Crippen LogP contribution in [0.4, 0.5) is 8.78 Å². The first-order valence-electron chi connectivity index (χ1n) is 6.63. The van der Waals surface area contributed by atoms with E-state index in [-0.39, 0.29) is 18.6 Å². The summed E-state index contributed by atoms with van der Waals surface area (Å²) in [7, 11) is 1.62. The molecular weight excluding hydrogens is 254 g/mol. The molecule has 0 aliphatic carbocycles. The highest BCUT2D eigenvalue weighted by molar-refractivity contribution is 5.80. The summed E-state index contributed by atoms with van der Waals surface area (Å²) >= 11 is 0. The van der Waals surface area contributed by atoms with E-state index in [1.807, 2.05) is 13.8 Å². The Kier molecular flexibility index (Phi) is 8.09. The SMILES string of the molecule is CCOC(=O)C(C)(CCN(C)CC(F)F)NC(C)C. The Balaban J connectivity index is 4.54. The van der Waals surface area contributed by atoms with Gasteiger partial charge in [-0.15, -0.1) is 0 Å². The number of ether oxygens (including phenoxy) is 1. The number of rotatable bonds is 9. The van der Waals surface area contributed by atoms with Gasteiger partial charge in [-0.05, 0) is 41.2 Å². The second kappa shape index (κ2) is 8.43. The maximum absolute atomic E-state index is 12.2. The Labute approximate surface area is 114 Å². The lowest BCUT2D eigenvalue weighted by atomic mass is 9.96. The Morgan fingerprint density at radius 2 is 2.00 bits per heavy atom. The lowest BCUT2D eigenvalue weighted by Crippen LogP contribution is -2.54. The molecule has 0 aromatic rings. The summed E-state index contributed by atoms with van der Waals surface area (Å²) < 4.78 is 29.5. The molecule has 0 fully saturated rings. The van der Waals surface area contributed by atoms with E-state index in [0.29, 0.717) is 19.6 Å². The summed E-state index contributed by atoms with van der Waals surface area (Å²) in [6, 6.07) is 0.106. The molecule has 0 aromatic heterocycles. The first kappa shape index (κ1) is 18.2. The molecule has 0 radical (unpaired) electrons. The van der Waals surface area contributed by atoms with E-state index >= 15 is 0 Å². The van der Waals surface area contributed by atoms with Crippen LogP contribution < -0.4 is 5.32 Å². The largest absolute Gasteiger partial charge is 0.465 e. The molecule has 19 heavy (non-hydrogen) atoms. The van der Waals surface area contributed by atoms with Crippen molar-refractivity contribution >= 4 is 5.97 Å². The van der Waals surface area contributed by atoms with Crippen molar-refractivity contribution in [3.63, 3.8) is 0 Å². The molecule has 0 aliphatic heterocycles. The molecule has 4 nitrogen and oxygen atoms in total. The molecule has 0 rings (SSSR count). The van der Waals surface area contributed by atoms with Gasteiger partial charge in [0.15, 0.2) is 0 Å². The molecule has 0 aliphatic rings. The van der Waals surface area contributed by atoms with E-state index in [1.165, 1.54) is 4.90 Å². The van der Waals surface area contributed by atoms with Gasteiger partial charge in [-0.3, -0.25) is 10.1 Å². The Morgan fingerprint density at radius 1 is 1.42 bits per heavy atom. The minimum absolute atomic E-state index is 0.106. The van der Waals surface area contributed by atoms with Crippen LogP contribution in [0.25, 0.3) is 0 Å². The molecule has 114 valence electrons. The summed E-state index contributed by atoms with van der Waals surface area (Å²) in [6.07, 6.45) is -1.94. The second-order valence-electron chi connectivity index (χ2n) is 5.25. The smallest absolute Gasteiger partial charge is 0.326 e. The van der Waals surface area contributed by atoms with Gasteiger partial charge < -0.3 is 9.64 Å². The van der Waals surface area contributed by atoms with Crippen LogP contribution in [-0.4, -0.2) is 55.6 Å². The van der Waals surface area contributed by atoms with Crippen LogP contribution in [0.15, 0.2) is 0 Å². The van der Waals surface area contributed by atoms with Crippen molar-refractivity contribution in [3.05, 3.63) is 0 Å². The summed E-state index contributed by atoms with van der Waals surface area (Å²) in [6.45, 7) is 7.78. The fraction of sp³-hybridized carbons (Fsp3) is 0.923. The van der Waals surface area contributed by atoms with Crippen molar-refractivity contribution in [2.45, 2.75) is 52.1 Å². The highest BCUT2D eigenvalue weighted by Crippen LogP contribution is 2.14. The second-order valence-corrected chi connectivity index (χ2v) is 5.25.